The van der Waals surface area contributed by atoms with Crippen molar-refractivity contribution >= 4 is 16.7 Å². The summed E-state index contributed by atoms with van der Waals surface area (Å²) in [5.41, 5.74) is -1.15. The molecule has 0 aliphatic heterocycles. The Morgan fingerprint density at radius 1 is 1.30 bits per heavy atom. The summed E-state index contributed by atoms with van der Waals surface area (Å²) in [5.74, 6) is -0.603. The Kier molecular flexibility index (Phi) is 3.35. The molecule has 0 bridgehead atoms. The van der Waals surface area contributed by atoms with E-state index in [1.165, 1.54) is 0 Å². The lowest BCUT2D eigenvalue weighted by atomic mass is 10.2. The van der Waals surface area contributed by atoms with E-state index in [1.54, 1.807) is 0 Å². The van der Waals surface area contributed by atoms with Gasteiger partial charge in [0.25, 0.3) is 11.6 Å². The zero-order valence-electron chi connectivity index (χ0n) is 9.64. The van der Waals surface area contributed by atoms with Crippen LogP contribution in [0.5, 0.6) is 5.95 Å². The molecule has 0 spiro atoms. The number of halogens is 3. The second-order valence-electron chi connectivity index (χ2n) is 3.77. The van der Waals surface area contributed by atoms with Gasteiger partial charge in [-0.1, -0.05) is 0 Å². The largest absolute Gasteiger partial charge is 0.455 e. The van der Waals surface area contributed by atoms with Gasteiger partial charge in [0.15, 0.2) is 12.0 Å². The molecule has 20 heavy (non-hydrogen) atoms. The Morgan fingerprint density at radius 3 is 2.60 bits per heavy atom. The van der Waals surface area contributed by atoms with E-state index in [9.17, 15) is 28.1 Å². The summed E-state index contributed by atoms with van der Waals surface area (Å²) in [6.45, 7) is -1.60. The molecule has 0 amide bonds. The molecular formula is C11H6F3NO5. The Balaban J connectivity index is 2.41. The highest BCUT2D eigenvalue weighted by molar-refractivity contribution is 5.79. The molecule has 0 atom stereocenters. The number of hydrogen-bond donors (Lipinski definition) is 0. The molecule has 6 nitrogen and oxygen atoms in total. The number of non-ortho nitro benzene ring substituents is 1. The van der Waals surface area contributed by atoms with Crippen LogP contribution in [-0.4, -0.2) is 17.7 Å². The van der Waals surface area contributed by atoms with Crippen LogP contribution in [0.3, 0.4) is 0 Å². The number of fused-ring (bicyclic) bond motifs is 1. The second-order valence-corrected chi connectivity index (χ2v) is 3.77. The van der Waals surface area contributed by atoms with E-state index in [0.29, 0.717) is 6.07 Å². The van der Waals surface area contributed by atoms with Crippen molar-refractivity contribution in [3.63, 3.8) is 0 Å². The Morgan fingerprint density at radius 2 is 2.00 bits per heavy atom. The molecule has 0 fully saturated rings. The fourth-order valence-electron chi connectivity index (χ4n) is 1.46. The first-order valence-corrected chi connectivity index (χ1v) is 5.18. The molecule has 1 aromatic heterocycles. The molecule has 106 valence electrons. The lowest BCUT2D eigenvalue weighted by Crippen LogP contribution is -2.19. The normalized spacial score (nSPS) is 11.6. The first kappa shape index (κ1) is 13.8. The number of nitrogens with zero attached hydrogens (tertiary/aromatic N) is 1. The van der Waals surface area contributed by atoms with Gasteiger partial charge in [-0.15, -0.1) is 0 Å². The van der Waals surface area contributed by atoms with E-state index in [4.69, 9.17) is 4.42 Å². The zero-order valence-corrected chi connectivity index (χ0v) is 9.64. The van der Waals surface area contributed by atoms with Crippen LogP contribution in [-0.2, 0) is 0 Å². The van der Waals surface area contributed by atoms with Gasteiger partial charge in [-0.25, -0.2) is 0 Å². The Bertz CT molecular complexity index is 722. The van der Waals surface area contributed by atoms with Crippen LogP contribution in [0, 0.1) is 10.1 Å². The van der Waals surface area contributed by atoms with Crippen molar-refractivity contribution in [1.29, 1.82) is 0 Å². The SMILES string of the molecule is O=c1cc(OCC(F)(F)F)oc2ccc([N+](=O)[O-])cc12. The van der Waals surface area contributed by atoms with Crippen molar-refractivity contribution in [3.05, 3.63) is 44.6 Å². The third-order valence-corrected chi connectivity index (χ3v) is 2.28. The van der Waals surface area contributed by atoms with E-state index < -0.39 is 29.1 Å². The van der Waals surface area contributed by atoms with Crippen LogP contribution >= 0.6 is 0 Å². The first-order valence-electron chi connectivity index (χ1n) is 5.18. The third kappa shape index (κ3) is 3.05. The number of ether oxygens (including phenoxy) is 1. The summed E-state index contributed by atoms with van der Waals surface area (Å²) in [6.07, 6.45) is -4.57. The summed E-state index contributed by atoms with van der Waals surface area (Å²) in [4.78, 5) is 21.5. The Hall–Kier alpha value is -2.58. The quantitative estimate of drug-likeness (QED) is 0.640. The van der Waals surface area contributed by atoms with Gasteiger partial charge >= 0.3 is 6.18 Å². The van der Waals surface area contributed by atoms with Crippen LogP contribution in [0.15, 0.2) is 33.5 Å². The monoisotopic (exact) mass is 289 g/mol. The molecule has 0 radical (unpaired) electrons. The standard InChI is InChI=1S/C11H6F3NO5/c12-11(13,14)5-19-10-4-8(16)7-3-6(15(17)18)1-2-9(7)20-10/h1-4H,5H2. The molecule has 1 aromatic carbocycles. The van der Waals surface area contributed by atoms with E-state index in [-0.39, 0.29) is 16.7 Å². The summed E-state index contributed by atoms with van der Waals surface area (Å²) >= 11 is 0. The maximum atomic E-state index is 12.0. The molecular weight excluding hydrogens is 283 g/mol. The number of alkyl halides is 3. The molecule has 0 saturated carbocycles. The van der Waals surface area contributed by atoms with Crippen LogP contribution < -0.4 is 10.2 Å². The maximum absolute atomic E-state index is 12.0. The highest BCUT2D eigenvalue weighted by atomic mass is 19.4. The van der Waals surface area contributed by atoms with Gasteiger partial charge in [0.05, 0.1) is 16.4 Å². The number of rotatable bonds is 3. The molecule has 2 rings (SSSR count). The summed E-state index contributed by atoms with van der Waals surface area (Å²) < 4.78 is 45.2. The van der Waals surface area contributed by atoms with Crippen molar-refractivity contribution in [2.45, 2.75) is 6.18 Å². The Labute approximate surface area is 108 Å². The van der Waals surface area contributed by atoms with Gasteiger partial charge in [-0.3, -0.25) is 14.9 Å². The highest BCUT2D eigenvalue weighted by Crippen LogP contribution is 2.23. The number of nitro groups is 1. The molecule has 2 aromatic rings. The summed E-state index contributed by atoms with van der Waals surface area (Å²) in [6, 6.07) is 3.88. The van der Waals surface area contributed by atoms with Gasteiger partial charge < -0.3 is 9.15 Å². The fourth-order valence-corrected chi connectivity index (χ4v) is 1.46. The minimum Gasteiger partial charge on any atom is -0.455 e. The van der Waals surface area contributed by atoms with Crippen LogP contribution in [0.25, 0.3) is 11.0 Å². The molecule has 0 unspecified atom stereocenters. The minimum absolute atomic E-state index is 0.0970. The maximum Gasteiger partial charge on any atom is 0.422 e. The van der Waals surface area contributed by atoms with Crippen LogP contribution in [0.4, 0.5) is 18.9 Å². The minimum atomic E-state index is -4.57. The average molecular weight is 289 g/mol. The zero-order chi connectivity index (χ0) is 14.9. The van der Waals surface area contributed by atoms with Gasteiger partial charge in [-0.2, -0.15) is 13.2 Å². The molecule has 0 saturated heterocycles. The van der Waals surface area contributed by atoms with Crippen molar-refractivity contribution < 1.29 is 27.2 Å². The molecule has 0 N–H and O–H groups in total. The number of hydrogen-bond acceptors (Lipinski definition) is 5. The third-order valence-electron chi connectivity index (χ3n) is 2.28. The van der Waals surface area contributed by atoms with E-state index >= 15 is 0 Å². The fraction of sp³-hybridized carbons (Fsp3) is 0.182. The molecule has 0 aliphatic carbocycles. The lowest BCUT2D eigenvalue weighted by Gasteiger charge is -2.08. The van der Waals surface area contributed by atoms with Crippen molar-refractivity contribution in [1.82, 2.24) is 0 Å². The second kappa shape index (κ2) is 4.83. The molecule has 9 heteroatoms. The topological polar surface area (TPSA) is 82.6 Å². The van der Waals surface area contributed by atoms with E-state index in [1.807, 2.05) is 0 Å². The van der Waals surface area contributed by atoms with E-state index in [2.05, 4.69) is 4.74 Å². The van der Waals surface area contributed by atoms with Crippen molar-refractivity contribution in [2.75, 3.05) is 6.61 Å². The predicted molar refractivity (Wildman–Crippen MR) is 60.7 cm³/mol. The van der Waals surface area contributed by atoms with Gasteiger partial charge in [0, 0.05) is 12.1 Å². The first-order chi connectivity index (χ1) is 9.26. The van der Waals surface area contributed by atoms with Gasteiger partial charge in [0.2, 0.25) is 0 Å². The average Bonchev–Trinajstić information content (AvgIpc) is 2.35. The van der Waals surface area contributed by atoms with Crippen molar-refractivity contribution in [3.8, 4) is 5.95 Å². The summed E-state index contributed by atoms with van der Waals surface area (Å²) in [5, 5.41) is 10.4. The number of nitro benzene ring substituents is 1. The molecule has 1 heterocycles. The van der Waals surface area contributed by atoms with Gasteiger partial charge in [0.1, 0.15) is 5.58 Å². The highest BCUT2D eigenvalue weighted by Gasteiger charge is 2.29. The van der Waals surface area contributed by atoms with Gasteiger partial charge in [-0.05, 0) is 6.07 Å². The lowest BCUT2D eigenvalue weighted by molar-refractivity contribution is -0.384. The van der Waals surface area contributed by atoms with Crippen molar-refractivity contribution in [2.24, 2.45) is 0 Å². The van der Waals surface area contributed by atoms with Crippen LogP contribution in [0.2, 0.25) is 0 Å². The predicted octanol–water partition coefficient (Wildman–Crippen LogP) is 2.64. The number of benzene rings is 1. The van der Waals surface area contributed by atoms with Crippen LogP contribution in [0.1, 0.15) is 0 Å². The molecule has 0 aliphatic rings. The summed E-state index contributed by atoms with van der Waals surface area (Å²) in [7, 11) is 0. The smallest absolute Gasteiger partial charge is 0.422 e. The van der Waals surface area contributed by atoms with E-state index in [0.717, 1.165) is 18.2 Å².